The molecule has 1 aliphatic heterocycles. The number of carbonyl (C=O) groups is 2. The summed E-state index contributed by atoms with van der Waals surface area (Å²) >= 11 is 1.24. The number of non-ortho nitro benzene ring substituents is 1. The van der Waals surface area contributed by atoms with Crippen molar-refractivity contribution in [1.29, 1.82) is 0 Å². The Bertz CT molecular complexity index is 1240. The Morgan fingerprint density at radius 3 is 2.88 bits per heavy atom. The number of para-hydroxylation sites is 1. The third kappa shape index (κ3) is 5.12. The van der Waals surface area contributed by atoms with Gasteiger partial charge in [0, 0.05) is 42.8 Å². The second-order valence-electron chi connectivity index (χ2n) is 7.51. The summed E-state index contributed by atoms with van der Waals surface area (Å²) in [5, 5.41) is 22.8. The molecule has 2 heterocycles. The Morgan fingerprint density at radius 2 is 2.09 bits per heavy atom. The molecule has 1 N–H and O–H groups in total. The predicted molar refractivity (Wildman–Crippen MR) is 126 cm³/mol. The molecule has 1 saturated heterocycles. The number of amides is 2. The predicted octanol–water partition coefficient (Wildman–Crippen LogP) is 4.18. The van der Waals surface area contributed by atoms with Gasteiger partial charge in [0.15, 0.2) is 0 Å². The standard InChI is InChI=1S/C23H21N5O4S/c1-2-16-7-3-4-9-19(16)27-14-17(13-21(27)30)22-25-26-23(33-22)24-20(29)11-10-15-6-5-8-18(12-15)28(31)32/h3-12,17H,2,13-14H2,1H3,(H,24,26,29)/b11-10+. The molecule has 1 aliphatic rings. The van der Waals surface area contributed by atoms with Crippen LogP contribution in [-0.4, -0.2) is 33.5 Å². The van der Waals surface area contributed by atoms with Gasteiger partial charge in [-0.15, -0.1) is 10.2 Å². The highest BCUT2D eigenvalue weighted by Gasteiger charge is 2.34. The van der Waals surface area contributed by atoms with Gasteiger partial charge < -0.3 is 4.90 Å². The van der Waals surface area contributed by atoms with E-state index in [4.69, 9.17) is 0 Å². The van der Waals surface area contributed by atoms with Gasteiger partial charge in [0.25, 0.3) is 5.69 Å². The summed E-state index contributed by atoms with van der Waals surface area (Å²) in [4.78, 5) is 37.1. The molecule has 0 aliphatic carbocycles. The molecule has 1 aromatic heterocycles. The van der Waals surface area contributed by atoms with Gasteiger partial charge in [0.05, 0.1) is 4.92 Å². The molecule has 0 radical (unpaired) electrons. The lowest BCUT2D eigenvalue weighted by Gasteiger charge is -2.19. The molecular formula is C23H21N5O4S. The van der Waals surface area contributed by atoms with Crippen molar-refractivity contribution in [2.24, 2.45) is 0 Å². The summed E-state index contributed by atoms with van der Waals surface area (Å²) in [6, 6.07) is 13.9. The van der Waals surface area contributed by atoms with Crippen LogP contribution in [-0.2, 0) is 16.0 Å². The van der Waals surface area contributed by atoms with Gasteiger partial charge in [-0.1, -0.05) is 48.6 Å². The highest BCUT2D eigenvalue weighted by molar-refractivity contribution is 7.15. The molecule has 0 spiro atoms. The van der Waals surface area contributed by atoms with Crippen molar-refractivity contribution in [1.82, 2.24) is 10.2 Å². The smallest absolute Gasteiger partial charge is 0.270 e. The minimum atomic E-state index is -0.490. The van der Waals surface area contributed by atoms with Gasteiger partial charge in [-0.25, -0.2) is 0 Å². The average Bonchev–Trinajstić information content (AvgIpc) is 3.44. The lowest BCUT2D eigenvalue weighted by molar-refractivity contribution is -0.384. The van der Waals surface area contributed by atoms with Gasteiger partial charge in [0.1, 0.15) is 5.01 Å². The normalized spacial score (nSPS) is 15.8. The maximum Gasteiger partial charge on any atom is 0.270 e. The zero-order chi connectivity index (χ0) is 23.4. The van der Waals surface area contributed by atoms with Crippen LogP contribution < -0.4 is 10.2 Å². The number of carbonyl (C=O) groups excluding carboxylic acids is 2. The maximum absolute atomic E-state index is 12.7. The number of benzene rings is 2. The Morgan fingerprint density at radius 1 is 1.27 bits per heavy atom. The molecule has 2 amide bonds. The lowest BCUT2D eigenvalue weighted by atomic mass is 10.1. The zero-order valence-corrected chi connectivity index (χ0v) is 18.6. The van der Waals surface area contributed by atoms with Crippen molar-refractivity contribution in [3.05, 3.63) is 80.9 Å². The van der Waals surface area contributed by atoms with Crippen molar-refractivity contribution in [3.8, 4) is 0 Å². The molecule has 168 valence electrons. The highest BCUT2D eigenvalue weighted by Crippen LogP contribution is 2.35. The number of nitrogens with zero attached hydrogens (tertiary/aromatic N) is 4. The van der Waals surface area contributed by atoms with Gasteiger partial charge >= 0.3 is 0 Å². The molecule has 1 unspecified atom stereocenters. The molecule has 9 nitrogen and oxygen atoms in total. The maximum atomic E-state index is 12.7. The number of nitrogens with one attached hydrogen (secondary N) is 1. The summed E-state index contributed by atoms with van der Waals surface area (Å²) in [7, 11) is 0. The first-order valence-corrected chi connectivity index (χ1v) is 11.2. The first-order valence-electron chi connectivity index (χ1n) is 10.4. The van der Waals surface area contributed by atoms with E-state index < -0.39 is 10.8 Å². The van der Waals surface area contributed by atoms with E-state index in [0.717, 1.165) is 17.7 Å². The van der Waals surface area contributed by atoms with Crippen LogP contribution in [0.4, 0.5) is 16.5 Å². The van der Waals surface area contributed by atoms with Crippen molar-refractivity contribution in [3.63, 3.8) is 0 Å². The number of rotatable bonds is 7. The molecule has 1 fully saturated rings. The molecular weight excluding hydrogens is 442 g/mol. The van der Waals surface area contributed by atoms with Crippen LogP contribution in [0.3, 0.4) is 0 Å². The van der Waals surface area contributed by atoms with E-state index in [2.05, 4.69) is 22.4 Å². The first kappa shape index (κ1) is 22.3. The largest absolute Gasteiger partial charge is 0.311 e. The second kappa shape index (κ2) is 9.70. The molecule has 4 rings (SSSR count). The number of aromatic nitrogens is 2. The molecule has 0 saturated carbocycles. The Balaban J connectivity index is 1.40. The van der Waals surface area contributed by atoms with Crippen molar-refractivity contribution >= 4 is 45.7 Å². The third-order valence-electron chi connectivity index (χ3n) is 5.32. The van der Waals surface area contributed by atoms with Crippen LogP contribution in [0.5, 0.6) is 0 Å². The van der Waals surface area contributed by atoms with Crippen molar-refractivity contribution < 1.29 is 14.5 Å². The molecule has 33 heavy (non-hydrogen) atoms. The fraction of sp³-hybridized carbons (Fsp3) is 0.217. The summed E-state index contributed by atoms with van der Waals surface area (Å²) < 4.78 is 0. The van der Waals surface area contributed by atoms with Crippen LogP contribution in [0.2, 0.25) is 0 Å². The quantitative estimate of drug-likeness (QED) is 0.319. The Labute approximate surface area is 193 Å². The topological polar surface area (TPSA) is 118 Å². The van der Waals surface area contributed by atoms with E-state index in [1.807, 2.05) is 24.3 Å². The van der Waals surface area contributed by atoms with E-state index >= 15 is 0 Å². The second-order valence-corrected chi connectivity index (χ2v) is 8.52. The van der Waals surface area contributed by atoms with Crippen LogP contribution >= 0.6 is 11.3 Å². The van der Waals surface area contributed by atoms with E-state index in [1.54, 1.807) is 17.0 Å². The number of anilines is 2. The zero-order valence-electron chi connectivity index (χ0n) is 17.8. The van der Waals surface area contributed by atoms with Gasteiger partial charge in [-0.2, -0.15) is 0 Å². The number of nitro benzene ring substituents is 1. The molecule has 0 bridgehead atoms. The van der Waals surface area contributed by atoms with Gasteiger partial charge in [-0.05, 0) is 29.7 Å². The number of hydrogen-bond acceptors (Lipinski definition) is 7. The number of nitro groups is 1. The summed E-state index contributed by atoms with van der Waals surface area (Å²) in [5.41, 5.74) is 2.53. The Hall–Kier alpha value is -3.92. The highest BCUT2D eigenvalue weighted by atomic mass is 32.1. The molecule has 2 aromatic carbocycles. The van der Waals surface area contributed by atoms with Gasteiger partial charge in [0.2, 0.25) is 16.9 Å². The van der Waals surface area contributed by atoms with E-state index in [0.29, 0.717) is 28.7 Å². The molecule has 3 aromatic rings. The SMILES string of the molecule is CCc1ccccc1N1CC(c2nnc(NC(=O)/C=C/c3cccc([N+](=O)[O-])c3)s2)CC1=O. The van der Waals surface area contributed by atoms with Gasteiger partial charge in [-0.3, -0.25) is 25.0 Å². The fourth-order valence-electron chi connectivity index (χ4n) is 3.69. The summed E-state index contributed by atoms with van der Waals surface area (Å²) in [6.07, 6.45) is 3.95. The Kier molecular flexibility index (Phi) is 6.55. The van der Waals surface area contributed by atoms with Crippen LogP contribution in [0.15, 0.2) is 54.6 Å². The molecule has 10 heteroatoms. The van der Waals surface area contributed by atoms with Crippen LogP contribution in [0.25, 0.3) is 6.08 Å². The first-order chi connectivity index (χ1) is 15.9. The molecule has 1 atom stereocenters. The third-order valence-corrected chi connectivity index (χ3v) is 6.32. The van der Waals surface area contributed by atoms with Crippen LogP contribution in [0.1, 0.15) is 35.4 Å². The van der Waals surface area contributed by atoms with E-state index in [-0.39, 0.29) is 17.5 Å². The van der Waals surface area contributed by atoms with Crippen molar-refractivity contribution in [2.75, 3.05) is 16.8 Å². The summed E-state index contributed by atoms with van der Waals surface area (Å²) in [6.45, 7) is 2.58. The van der Waals surface area contributed by atoms with Crippen LogP contribution in [0, 0.1) is 10.1 Å². The average molecular weight is 464 g/mol. The van der Waals surface area contributed by atoms with E-state index in [9.17, 15) is 19.7 Å². The lowest BCUT2D eigenvalue weighted by Crippen LogP contribution is -2.25. The van der Waals surface area contributed by atoms with Crippen molar-refractivity contribution in [2.45, 2.75) is 25.7 Å². The number of aryl methyl sites for hydroxylation is 1. The summed E-state index contributed by atoms with van der Waals surface area (Å²) in [5.74, 6) is -0.474. The fourth-order valence-corrected chi connectivity index (χ4v) is 4.53. The van der Waals surface area contributed by atoms with E-state index in [1.165, 1.54) is 35.6 Å². The minimum Gasteiger partial charge on any atom is -0.311 e. The monoisotopic (exact) mass is 463 g/mol. The minimum absolute atomic E-state index is 0.0431. The number of hydrogen-bond donors (Lipinski definition) is 1.